The van der Waals surface area contributed by atoms with Crippen LogP contribution >= 0.6 is 11.3 Å². The Morgan fingerprint density at radius 1 is 1.23 bits per heavy atom. The van der Waals surface area contributed by atoms with E-state index in [0.717, 1.165) is 25.4 Å². The molecule has 2 aliphatic rings. The number of hydrogen-bond donors (Lipinski definition) is 1. The van der Waals surface area contributed by atoms with Gasteiger partial charge in [0, 0.05) is 37.0 Å². The summed E-state index contributed by atoms with van der Waals surface area (Å²) in [5, 5.41) is 6.54. The van der Waals surface area contributed by atoms with Gasteiger partial charge in [-0.2, -0.15) is 11.3 Å². The van der Waals surface area contributed by atoms with E-state index in [4.69, 9.17) is 0 Å². The molecule has 0 radical (unpaired) electrons. The van der Waals surface area contributed by atoms with Gasteiger partial charge in [-0.15, -0.1) is 0 Å². The average molecular weight is 320 g/mol. The molecule has 4 nitrogen and oxygen atoms in total. The minimum Gasteiger partial charge on any atom is -0.351 e. The van der Waals surface area contributed by atoms with E-state index >= 15 is 0 Å². The molecule has 2 amide bonds. The maximum absolute atomic E-state index is 12.3. The van der Waals surface area contributed by atoms with Crippen molar-refractivity contribution in [3.05, 3.63) is 22.4 Å². The van der Waals surface area contributed by atoms with Crippen molar-refractivity contribution in [2.24, 2.45) is 11.8 Å². The first kappa shape index (κ1) is 15.5. The van der Waals surface area contributed by atoms with Gasteiger partial charge in [0.1, 0.15) is 0 Å². The van der Waals surface area contributed by atoms with Crippen LogP contribution in [0.5, 0.6) is 0 Å². The van der Waals surface area contributed by atoms with Gasteiger partial charge in [0.25, 0.3) is 5.91 Å². The third-order valence-electron chi connectivity index (χ3n) is 5.05. The smallest absolute Gasteiger partial charge is 0.252 e. The predicted molar refractivity (Wildman–Crippen MR) is 87.9 cm³/mol. The highest BCUT2D eigenvalue weighted by Gasteiger charge is 2.32. The lowest BCUT2D eigenvalue weighted by Crippen LogP contribution is -2.45. The standard InChI is InChI=1S/C17H24N2O2S/c20-16(5-8-18-17(21)15-7-10-22-12-15)19-9-6-13-3-1-2-4-14(13)11-19/h7,10,12-14H,1-6,8-9,11H2,(H,18,21)/t13-,14+/m0/s1. The van der Waals surface area contributed by atoms with Crippen LogP contribution in [0, 0.1) is 11.8 Å². The highest BCUT2D eigenvalue weighted by molar-refractivity contribution is 7.08. The van der Waals surface area contributed by atoms with Gasteiger partial charge in [-0.25, -0.2) is 0 Å². The van der Waals surface area contributed by atoms with Gasteiger partial charge in [0.05, 0.1) is 0 Å². The minimum absolute atomic E-state index is 0.0833. The molecule has 120 valence electrons. The fraction of sp³-hybridized carbons (Fsp3) is 0.647. The molecule has 3 rings (SSSR count). The predicted octanol–water partition coefficient (Wildman–Crippen LogP) is 2.91. The number of hydrogen-bond acceptors (Lipinski definition) is 3. The molecule has 1 N–H and O–H groups in total. The molecule has 1 aromatic rings. The van der Waals surface area contributed by atoms with Crippen molar-refractivity contribution in [3.63, 3.8) is 0 Å². The van der Waals surface area contributed by atoms with Crippen molar-refractivity contribution >= 4 is 23.2 Å². The topological polar surface area (TPSA) is 49.4 Å². The van der Waals surface area contributed by atoms with E-state index < -0.39 is 0 Å². The average Bonchev–Trinajstić information content (AvgIpc) is 3.08. The van der Waals surface area contributed by atoms with Crippen LogP contribution in [0.4, 0.5) is 0 Å². The van der Waals surface area contributed by atoms with Crippen LogP contribution in [0.1, 0.15) is 48.9 Å². The van der Waals surface area contributed by atoms with Gasteiger partial charge in [-0.05, 0) is 36.1 Å². The number of rotatable bonds is 4. The largest absolute Gasteiger partial charge is 0.351 e. The molecular formula is C17H24N2O2S. The summed E-state index contributed by atoms with van der Waals surface area (Å²) in [4.78, 5) is 26.2. The van der Waals surface area contributed by atoms with Crippen molar-refractivity contribution in [1.29, 1.82) is 0 Å². The molecular weight excluding hydrogens is 296 g/mol. The zero-order valence-corrected chi connectivity index (χ0v) is 13.7. The second kappa shape index (κ2) is 7.27. The Morgan fingerprint density at radius 2 is 2.05 bits per heavy atom. The first-order valence-corrected chi connectivity index (χ1v) is 9.26. The van der Waals surface area contributed by atoms with E-state index in [-0.39, 0.29) is 11.8 Å². The summed E-state index contributed by atoms with van der Waals surface area (Å²) in [6.07, 6.45) is 6.89. The SMILES string of the molecule is O=C(NCCC(=O)N1CC[C@@H]2CCCC[C@@H]2C1)c1ccsc1. The number of amides is 2. The number of nitrogens with one attached hydrogen (secondary N) is 1. The van der Waals surface area contributed by atoms with E-state index in [2.05, 4.69) is 5.32 Å². The summed E-state index contributed by atoms with van der Waals surface area (Å²) in [7, 11) is 0. The zero-order chi connectivity index (χ0) is 15.4. The van der Waals surface area contributed by atoms with Crippen LogP contribution < -0.4 is 5.32 Å². The van der Waals surface area contributed by atoms with Gasteiger partial charge >= 0.3 is 0 Å². The maximum Gasteiger partial charge on any atom is 0.252 e. The molecule has 1 saturated carbocycles. The fourth-order valence-electron chi connectivity index (χ4n) is 3.76. The van der Waals surface area contributed by atoms with E-state index in [9.17, 15) is 9.59 Å². The first-order chi connectivity index (χ1) is 10.7. The van der Waals surface area contributed by atoms with Crippen LogP contribution in [0.3, 0.4) is 0 Å². The Morgan fingerprint density at radius 3 is 2.82 bits per heavy atom. The number of thiophene rings is 1. The Bertz CT molecular complexity index is 515. The normalized spacial score (nSPS) is 24.6. The van der Waals surface area contributed by atoms with E-state index in [1.807, 2.05) is 15.7 Å². The number of carbonyl (C=O) groups is 2. The van der Waals surface area contributed by atoms with Crippen molar-refractivity contribution < 1.29 is 9.59 Å². The van der Waals surface area contributed by atoms with Crippen LogP contribution in [0.15, 0.2) is 16.8 Å². The summed E-state index contributed by atoms with van der Waals surface area (Å²) in [5.74, 6) is 1.66. The molecule has 2 heterocycles. The molecule has 0 aromatic carbocycles. The second-order valence-corrected chi connectivity index (χ2v) is 7.23. The number of carbonyl (C=O) groups excluding carboxylic acids is 2. The second-order valence-electron chi connectivity index (χ2n) is 6.45. The summed E-state index contributed by atoms with van der Waals surface area (Å²) >= 11 is 1.50. The third kappa shape index (κ3) is 3.69. The molecule has 5 heteroatoms. The molecule has 0 spiro atoms. The fourth-order valence-corrected chi connectivity index (χ4v) is 4.40. The summed E-state index contributed by atoms with van der Waals surface area (Å²) < 4.78 is 0. The summed E-state index contributed by atoms with van der Waals surface area (Å²) in [6.45, 7) is 2.26. The molecule has 1 saturated heterocycles. The third-order valence-corrected chi connectivity index (χ3v) is 5.73. The Balaban J connectivity index is 1.41. The molecule has 22 heavy (non-hydrogen) atoms. The molecule has 2 fully saturated rings. The summed E-state index contributed by atoms with van der Waals surface area (Å²) in [5.41, 5.74) is 0.681. The number of piperidine rings is 1. The van der Waals surface area contributed by atoms with Crippen molar-refractivity contribution in [2.75, 3.05) is 19.6 Å². The van der Waals surface area contributed by atoms with Gasteiger partial charge in [-0.1, -0.05) is 19.3 Å². The molecule has 1 aromatic heterocycles. The molecule has 2 atom stereocenters. The molecule has 0 bridgehead atoms. The minimum atomic E-state index is -0.0833. The lowest BCUT2D eigenvalue weighted by Gasteiger charge is -2.41. The van der Waals surface area contributed by atoms with E-state index in [1.54, 1.807) is 6.07 Å². The van der Waals surface area contributed by atoms with Crippen LogP contribution in [0.2, 0.25) is 0 Å². The maximum atomic E-state index is 12.3. The van der Waals surface area contributed by atoms with Gasteiger partial charge < -0.3 is 10.2 Å². The lowest BCUT2D eigenvalue weighted by molar-refractivity contribution is -0.134. The van der Waals surface area contributed by atoms with Crippen molar-refractivity contribution in [3.8, 4) is 0 Å². The van der Waals surface area contributed by atoms with Crippen LogP contribution in [0.25, 0.3) is 0 Å². The quantitative estimate of drug-likeness (QED) is 0.927. The Labute approximate surface area is 135 Å². The van der Waals surface area contributed by atoms with Crippen molar-refractivity contribution in [1.82, 2.24) is 10.2 Å². The highest BCUT2D eigenvalue weighted by atomic mass is 32.1. The van der Waals surface area contributed by atoms with E-state index in [0.29, 0.717) is 24.4 Å². The number of nitrogens with zero attached hydrogens (tertiary/aromatic N) is 1. The number of likely N-dealkylation sites (tertiary alicyclic amines) is 1. The monoisotopic (exact) mass is 320 g/mol. The van der Waals surface area contributed by atoms with Crippen molar-refractivity contribution in [2.45, 2.75) is 38.5 Å². The first-order valence-electron chi connectivity index (χ1n) is 8.32. The zero-order valence-electron chi connectivity index (χ0n) is 12.9. The molecule has 1 aliphatic carbocycles. The summed E-state index contributed by atoms with van der Waals surface area (Å²) in [6, 6.07) is 1.80. The Hall–Kier alpha value is -1.36. The Kier molecular flexibility index (Phi) is 5.13. The van der Waals surface area contributed by atoms with Gasteiger partial charge in [0.15, 0.2) is 0 Å². The highest BCUT2D eigenvalue weighted by Crippen LogP contribution is 2.36. The van der Waals surface area contributed by atoms with Crippen LogP contribution in [-0.4, -0.2) is 36.3 Å². The lowest BCUT2D eigenvalue weighted by atomic mass is 9.75. The van der Waals surface area contributed by atoms with E-state index in [1.165, 1.54) is 37.0 Å². The molecule has 1 aliphatic heterocycles. The van der Waals surface area contributed by atoms with Gasteiger partial charge in [-0.3, -0.25) is 9.59 Å². The number of fused-ring (bicyclic) bond motifs is 1. The van der Waals surface area contributed by atoms with Gasteiger partial charge in [0.2, 0.25) is 5.91 Å². The van der Waals surface area contributed by atoms with Crippen LogP contribution in [-0.2, 0) is 4.79 Å². The molecule has 0 unspecified atom stereocenters.